The highest BCUT2D eigenvalue weighted by Gasteiger charge is 2.07. The number of benzene rings is 2. The molecule has 0 saturated heterocycles. The van der Waals surface area contributed by atoms with E-state index in [1.165, 1.54) is 5.56 Å². The topological polar surface area (TPSA) is 29.5 Å². The molecule has 0 heterocycles. The van der Waals surface area contributed by atoms with E-state index in [1.807, 2.05) is 42.5 Å². The molecule has 1 unspecified atom stereocenters. The monoisotopic (exact) mass is 284 g/mol. The molecule has 2 aromatic carbocycles. The van der Waals surface area contributed by atoms with Gasteiger partial charge in [-0.1, -0.05) is 55.8 Å². The van der Waals surface area contributed by atoms with Gasteiger partial charge in [0.1, 0.15) is 5.75 Å². The van der Waals surface area contributed by atoms with Gasteiger partial charge in [0.15, 0.2) is 0 Å². The Balaban J connectivity index is 1.80. The molecule has 0 aromatic heterocycles. The van der Waals surface area contributed by atoms with Crippen LogP contribution in [-0.4, -0.2) is 11.7 Å². The van der Waals surface area contributed by atoms with Crippen LogP contribution in [0.15, 0.2) is 54.6 Å². The Hall–Kier alpha value is -1.80. The summed E-state index contributed by atoms with van der Waals surface area (Å²) in [5.41, 5.74) is 2.21. The van der Waals surface area contributed by atoms with E-state index in [0.29, 0.717) is 0 Å². The van der Waals surface area contributed by atoms with Gasteiger partial charge in [-0.15, -0.1) is 0 Å². The molecule has 0 amide bonds. The van der Waals surface area contributed by atoms with E-state index < -0.39 is 6.10 Å². The molecule has 2 aromatic rings. The number of hydrogen-bond acceptors (Lipinski definition) is 2. The van der Waals surface area contributed by atoms with Crippen molar-refractivity contribution in [2.45, 2.75) is 38.7 Å². The molecule has 21 heavy (non-hydrogen) atoms. The van der Waals surface area contributed by atoms with Gasteiger partial charge in [-0.3, -0.25) is 0 Å². The second-order valence-electron chi connectivity index (χ2n) is 5.31. The van der Waals surface area contributed by atoms with Crippen molar-refractivity contribution in [1.82, 2.24) is 0 Å². The summed E-state index contributed by atoms with van der Waals surface area (Å²) >= 11 is 0. The van der Waals surface area contributed by atoms with Gasteiger partial charge in [0.2, 0.25) is 0 Å². The smallest absolute Gasteiger partial charge is 0.119 e. The second kappa shape index (κ2) is 8.48. The van der Waals surface area contributed by atoms with Crippen molar-refractivity contribution in [1.29, 1.82) is 0 Å². The highest BCUT2D eigenvalue weighted by atomic mass is 16.5. The molecule has 2 rings (SSSR count). The van der Waals surface area contributed by atoms with Crippen molar-refractivity contribution in [3.05, 3.63) is 65.7 Å². The van der Waals surface area contributed by atoms with Gasteiger partial charge < -0.3 is 9.84 Å². The minimum atomic E-state index is -0.397. The van der Waals surface area contributed by atoms with Gasteiger partial charge in [0, 0.05) is 0 Å². The van der Waals surface area contributed by atoms with Crippen LogP contribution in [0.3, 0.4) is 0 Å². The van der Waals surface area contributed by atoms with Crippen LogP contribution < -0.4 is 4.74 Å². The van der Waals surface area contributed by atoms with Crippen LogP contribution in [0.1, 0.15) is 43.4 Å². The van der Waals surface area contributed by atoms with Gasteiger partial charge in [-0.2, -0.15) is 0 Å². The molecular weight excluding hydrogens is 260 g/mol. The molecule has 0 fully saturated rings. The summed E-state index contributed by atoms with van der Waals surface area (Å²) in [5.74, 6) is 0.927. The van der Waals surface area contributed by atoms with Crippen LogP contribution in [0.25, 0.3) is 0 Å². The van der Waals surface area contributed by atoms with Crippen molar-refractivity contribution < 1.29 is 9.84 Å². The lowest BCUT2D eigenvalue weighted by Crippen LogP contribution is -2.00. The maximum absolute atomic E-state index is 10.2. The first-order chi connectivity index (χ1) is 10.3. The molecule has 1 atom stereocenters. The Morgan fingerprint density at radius 3 is 2.38 bits per heavy atom. The third-order valence-electron chi connectivity index (χ3n) is 3.58. The zero-order valence-corrected chi connectivity index (χ0v) is 12.7. The normalized spacial score (nSPS) is 12.1. The van der Waals surface area contributed by atoms with Crippen LogP contribution in [0.5, 0.6) is 5.75 Å². The fraction of sp³-hybridized carbons (Fsp3) is 0.368. The lowest BCUT2D eigenvalue weighted by Gasteiger charge is -2.11. The third kappa shape index (κ3) is 5.24. The lowest BCUT2D eigenvalue weighted by atomic mass is 10.0. The summed E-state index contributed by atoms with van der Waals surface area (Å²) in [6.07, 6.45) is 3.44. The first-order valence-corrected chi connectivity index (χ1v) is 7.74. The molecule has 0 aliphatic rings. The molecule has 0 aliphatic carbocycles. The zero-order valence-electron chi connectivity index (χ0n) is 12.7. The Morgan fingerprint density at radius 2 is 1.71 bits per heavy atom. The Bertz CT molecular complexity index is 505. The number of rotatable bonds is 8. The number of aliphatic hydroxyl groups excluding tert-OH is 1. The minimum absolute atomic E-state index is 0.397. The zero-order chi connectivity index (χ0) is 14.9. The predicted octanol–water partition coefficient (Wildman–Crippen LogP) is 4.53. The van der Waals surface area contributed by atoms with Crippen molar-refractivity contribution in [2.24, 2.45) is 0 Å². The van der Waals surface area contributed by atoms with Gasteiger partial charge >= 0.3 is 0 Å². The fourth-order valence-electron chi connectivity index (χ4n) is 2.23. The quantitative estimate of drug-likeness (QED) is 0.722. The van der Waals surface area contributed by atoms with Crippen molar-refractivity contribution in [2.75, 3.05) is 6.61 Å². The maximum atomic E-state index is 10.2. The first-order valence-electron chi connectivity index (χ1n) is 7.74. The third-order valence-corrected chi connectivity index (χ3v) is 3.58. The van der Waals surface area contributed by atoms with Gasteiger partial charge in [-0.05, 0) is 42.5 Å². The Kier molecular flexibility index (Phi) is 6.29. The molecule has 0 radical (unpaired) electrons. The highest BCUT2D eigenvalue weighted by Crippen LogP contribution is 2.20. The number of hydrogen-bond donors (Lipinski definition) is 1. The van der Waals surface area contributed by atoms with E-state index in [2.05, 4.69) is 19.1 Å². The highest BCUT2D eigenvalue weighted by molar-refractivity contribution is 5.27. The van der Waals surface area contributed by atoms with Crippen LogP contribution >= 0.6 is 0 Å². The molecule has 0 saturated carbocycles. The summed E-state index contributed by atoms with van der Waals surface area (Å²) in [4.78, 5) is 0. The second-order valence-corrected chi connectivity index (χ2v) is 5.31. The van der Waals surface area contributed by atoms with Crippen molar-refractivity contribution >= 4 is 0 Å². The van der Waals surface area contributed by atoms with Gasteiger partial charge in [0.25, 0.3) is 0 Å². The van der Waals surface area contributed by atoms with E-state index in [1.54, 1.807) is 0 Å². The fourth-order valence-corrected chi connectivity index (χ4v) is 2.23. The SMILES string of the molecule is CCCCOc1ccc(CCC(O)c2ccccc2)cc1. The lowest BCUT2D eigenvalue weighted by molar-refractivity contribution is 0.168. The summed E-state index contributed by atoms with van der Waals surface area (Å²) in [6, 6.07) is 18.0. The van der Waals surface area contributed by atoms with Crippen LogP contribution in [0.2, 0.25) is 0 Å². The predicted molar refractivity (Wildman–Crippen MR) is 86.6 cm³/mol. The summed E-state index contributed by atoms with van der Waals surface area (Å²) in [5, 5.41) is 10.2. The number of aliphatic hydroxyl groups is 1. The van der Waals surface area contributed by atoms with Crippen LogP contribution in [0, 0.1) is 0 Å². The molecule has 1 N–H and O–H groups in total. The van der Waals surface area contributed by atoms with Crippen LogP contribution in [0.4, 0.5) is 0 Å². The number of ether oxygens (including phenoxy) is 1. The van der Waals surface area contributed by atoms with Gasteiger partial charge in [-0.25, -0.2) is 0 Å². The largest absolute Gasteiger partial charge is 0.494 e. The van der Waals surface area contributed by atoms with E-state index in [4.69, 9.17) is 4.74 Å². The Labute approximate surface area is 127 Å². The van der Waals surface area contributed by atoms with E-state index in [9.17, 15) is 5.11 Å². The van der Waals surface area contributed by atoms with E-state index in [0.717, 1.165) is 43.6 Å². The van der Waals surface area contributed by atoms with Gasteiger partial charge in [0.05, 0.1) is 12.7 Å². The summed E-state index contributed by atoms with van der Waals surface area (Å²) in [6.45, 7) is 2.94. The minimum Gasteiger partial charge on any atom is -0.494 e. The first kappa shape index (κ1) is 15.6. The molecule has 112 valence electrons. The molecule has 0 aliphatic heterocycles. The standard InChI is InChI=1S/C19H24O2/c1-2-3-15-21-18-12-9-16(10-13-18)11-14-19(20)17-7-5-4-6-8-17/h4-10,12-13,19-20H,2-3,11,14-15H2,1H3. The van der Waals surface area contributed by atoms with Crippen molar-refractivity contribution in [3.8, 4) is 5.75 Å². The maximum Gasteiger partial charge on any atom is 0.119 e. The summed E-state index contributed by atoms with van der Waals surface area (Å²) in [7, 11) is 0. The average Bonchev–Trinajstić information content (AvgIpc) is 2.55. The molecule has 0 bridgehead atoms. The van der Waals surface area contributed by atoms with E-state index >= 15 is 0 Å². The molecule has 2 nitrogen and oxygen atoms in total. The average molecular weight is 284 g/mol. The summed E-state index contributed by atoms with van der Waals surface area (Å²) < 4.78 is 5.65. The van der Waals surface area contributed by atoms with Crippen molar-refractivity contribution in [3.63, 3.8) is 0 Å². The molecule has 2 heteroatoms. The van der Waals surface area contributed by atoms with E-state index in [-0.39, 0.29) is 0 Å². The Morgan fingerprint density at radius 1 is 1.00 bits per heavy atom. The molecule has 0 spiro atoms. The molecular formula is C19H24O2. The van der Waals surface area contributed by atoms with Crippen LogP contribution in [-0.2, 0) is 6.42 Å². The number of unbranched alkanes of at least 4 members (excludes halogenated alkanes) is 1. The number of aryl methyl sites for hydroxylation is 1.